The molecule has 2 aromatic rings. The van der Waals surface area contributed by atoms with Crippen LogP contribution in [0.15, 0.2) is 23.7 Å². The first-order valence-corrected chi connectivity index (χ1v) is 7.01. The summed E-state index contributed by atoms with van der Waals surface area (Å²) in [4.78, 5) is 27.3. The molecule has 2 aromatic heterocycles. The van der Waals surface area contributed by atoms with Crippen LogP contribution in [0.2, 0.25) is 0 Å². The van der Waals surface area contributed by atoms with Crippen LogP contribution in [-0.4, -0.2) is 40.7 Å². The molecule has 0 spiro atoms. The van der Waals surface area contributed by atoms with Crippen LogP contribution in [0.4, 0.5) is 0 Å². The van der Waals surface area contributed by atoms with Crippen molar-refractivity contribution >= 4 is 33.4 Å². The van der Waals surface area contributed by atoms with Crippen molar-refractivity contribution in [2.45, 2.75) is 18.6 Å². The Morgan fingerprint density at radius 3 is 3.15 bits per heavy atom. The lowest BCUT2D eigenvalue weighted by Crippen LogP contribution is -2.44. The van der Waals surface area contributed by atoms with E-state index in [1.807, 2.05) is 11.4 Å². The first-order chi connectivity index (χ1) is 9.65. The highest BCUT2D eigenvalue weighted by atomic mass is 32.1. The third-order valence-corrected chi connectivity index (χ3v) is 4.07. The lowest BCUT2D eigenvalue weighted by molar-refractivity contribution is -0.148. The van der Waals surface area contributed by atoms with Gasteiger partial charge in [0.25, 0.3) is 5.91 Å². The molecule has 0 bridgehead atoms. The molecule has 0 aromatic carbocycles. The quantitative estimate of drug-likeness (QED) is 0.889. The standard InChI is InChI=1S/C13H12N2O4S/c16-12(15-9-1-3-19-11(9)13(17)18)7-5-10-8(14-6-7)2-4-20-10/h2,4-6,9,11H,1,3H2,(H,15,16)(H,17,18)/t9-,11+/m0/s1. The molecule has 104 valence electrons. The summed E-state index contributed by atoms with van der Waals surface area (Å²) in [7, 11) is 0. The number of nitrogens with zero attached hydrogens (tertiary/aromatic N) is 1. The highest BCUT2D eigenvalue weighted by Crippen LogP contribution is 2.20. The number of aromatic nitrogens is 1. The summed E-state index contributed by atoms with van der Waals surface area (Å²) >= 11 is 1.51. The van der Waals surface area contributed by atoms with Crippen LogP contribution < -0.4 is 5.32 Å². The summed E-state index contributed by atoms with van der Waals surface area (Å²) in [5.41, 5.74) is 1.27. The van der Waals surface area contributed by atoms with Crippen molar-refractivity contribution in [1.29, 1.82) is 0 Å². The summed E-state index contributed by atoms with van der Waals surface area (Å²) in [5, 5.41) is 13.6. The van der Waals surface area contributed by atoms with Gasteiger partial charge in [0.05, 0.1) is 21.8 Å². The number of nitrogens with one attached hydrogen (secondary N) is 1. The molecule has 1 amide bonds. The number of thiophene rings is 1. The van der Waals surface area contributed by atoms with Crippen molar-refractivity contribution in [3.8, 4) is 0 Å². The molecule has 0 unspecified atom stereocenters. The zero-order chi connectivity index (χ0) is 14.1. The number of carboxylic acids is 1. The third-order valence-electron chi connectivity index (χ3n) is 3.22. The molecule has 0 radical (unpaired) electrons. The van der Waals surface area contributed by atoms with Gasteiger partial charge in [-0.05, 0) is 23.9 Å². The molecule has 2 atom stereocenters. The molecule has 7 heteroatoms. The molecule has 0 aliphatic carbocycles. The maximum absolute atomic E-state index is 12.1. The monoisotopic (exact) mass is 292 g/mol. The number of rotatable bonds is 3. The second kappa shape index (κ2) is 5.18. The van der Waals surface area contributed by atoms with Crippen molar-refractivity contribution in [1.82, 2.24) is 10.3 Å². The number of amides is 1. The fraction of sp³-hybridized carbons (Fsp3) is 0.308. The van der Waals surface area contributed by atoms with Crippen LogP contribution in [-0.2, 0) is 9.53 Å². The highest BCUT2D eigenvalue weighted by Gasteiger charge is 2.35. The molecule has 6 nitrogen and oxygen atoms in total. The van der Waals surface area contributed by atoms with Gasteiger partial charge in [0.1, 0.15) is 0 Å². The summed E-state index contributed by atoms with van der Waals surface area (Å²) in [6.45, 7) is 0.337. The second-order valence-corrected chi connectivity index (χ2v) is 5.47. The van der Waals surface area contributed by atoms with E-state index in [1.54, 1.807) is 6.07 Å². The minimum Gasteiger partial charge on any atom is -0.479 e. The Hall–Kier alpha value is -1.99. The smallest absolute Gasteiger partial charge is 0.334 e. The molecule has 1 fully saturated rings. The van der Waals surface area contributed by atoms with Crippen molar-refractivity contribution in [2.75, 3.05) is 6.61 Å². The number of carboxylic acid groups (broad SMARTS) is 1. The molecule has 3 rings (SSSR count). The van der Waals surface area contributed by atoms with Crippen molar-refractivity contribution in [3.63, 3.8) is 0 Å². The van der Waals surface area contributed by atoms with Crippen molar-refractivity contribution in [2.24, 2.45) is 0 Å². The summed E-state index contributed by atoms with van der Waals surface area (Å²) < 4.78 is 6.02. The first-order valence-electron chi connectivity index (χ1n) is 6.13. The average Bonchev–Trinajstić information content (AvgIpc) is 3.05. The number of hydrogen-bond donors (Lipinski definition) is 2. The minimum absolute atomic E-state index is 0.324. The van der Waals surface area contributed by atoms with E-state index in [1.165, 1.54) is 17.5 Å². The van der Waals surface area contributed by atoms with E-state index in [0.29, 0.717) is 18.6 Å². The van der Waals surface area contributed by atoms with Gasteiger partial charge in [-0.1, -0.05) is 0 Å². The van der Waals surface area contributed by atoms with Crippen molar-refractivity contribution in [3.05, 3.63) is 29.3 Å². The summed E-state index contributed by atoms with van der Waals surface area (Å²) in [6, 6.07) is 3.14. The molecular weight excluding hydrogens is 280 g/mol. The van der Waals surface area contributed by atoms with Crippen LogP contribution in [0.5, 0.6) is 0 Å². The van der Waals surface area contributed by atoms with Gasteiger partial charge in [0.15, 0.2) is 6.10 Å². The van der Waals surface area contributed by atoms with E-state index in [0.717, 1.165) is 10.2 Å². The summed E-state index contributed by atoms with van der Waals surface area (Å²) in [5.74, 6) is -1.38. The number of pyridine rings is 1. The molecular formula is C13H12N2O4S. The number of ether oxygens (including phenoxy) is 1. The van der Waals surface area contributed by atoms with E-state index >= 15 is 0 Å². The van der Waals surface area contributed by atoms with E-state index in [4.69, 9.17) is 9.84 Å². The van der Waals surface area contributed by atoms with Gasteiger partial charge in [-0.15, -0.1) is 11.3 Å². The number of carbonyl (C=O) groups excluding carboxylic acids is 1. The Kier molecular flexibility index (Phi) is 3.37. The summed E-state index contributed by atoms with van der Waals surface area (Å²) in [6.07, 6.45) is 1.02. The number of fused-ring (bicyclic) bond motifs is 1. The van der Waals surface area contributed by atoms with Crippen LogP contribution in [0.1, 0.15) is 16.8 Å². The topological polar surface area (TPSA) is 88.5 Å². The van der Waals surface area contributed by atoms with Gasteiger partial charge in [0.2, 0.25) is 0 Å². The maximum atomic E-state index is 12.1. The normalized spacial score (nSPS) is 22.0. The molecule has 1 aliphatic heterocycles. The lowest BCUT2D eigenvalue weighted by atomic mass is 10.1. The van der Waals surface area contributed by atoms with Gasteiger partial charge in [0, 0.05) is 12.8 Å². The Bertz CT molecular complexity index is 669. The average molecular weight is 292 g/mol. The van der Waals surface area contributed by atoms with Gasteiger partial charge in [-0.3, -0.25) is 9.78 Å². The van der Waals surface area contributed by atoms with E-state index in [2.05, 4.69) is 10.3 Å². The van der Waals surface area contributed by atoms with E-state index in [9.17, 15) is 9.59 Å². The number of aliphatic carboxylic acids is 1. The van der Waals surface area contributed by atoms with Gasteiger partial charge in [-0.2, -0.15) is 0 Å². The molecule has 3 heterocycles. The predicted molar refractivity (Wildman–Crippen MR) is 72.9 cm³/mol. The van der Waals surface area contributed by atoms with Crippen LogP contribution in [0.3, 0.4) is 0 Å². The lowest BCUT2D eigenvalue weighted by Gasteiger charge is -2.16. The Morgan fingerprint density at radius 1 is 1.50 bits per heavy atom. The zero-order valence-electron chi connectivity index (χ0n) is 10.4. The molecule has 20 heavy (non-hydrogen) atoms. The van der Waals surface area contributed by atoms with Gasteiger partial charge >= 0.3 is 5.97 Å². The fourth-order valence-electron chi connectivity index (χ4n) is 2.20. The number of carbonyl (C=O) groups is 2. The zero-order valence-corrected chi connectivity index (χ0v) is 11.2. The maximum Gasteiger partial charge on any atom is 0.334 e. The Morgan fingerprint density at radius 2 is 2.35 bits per heavy atom. The fourth-order valence-corrected chi connectivity index (χ4v) is 2.98. The van der Waals surface area contributed by atoms with Gasteiger partial charge in [-0.25, -0.2) is 4.79 Å². The minimum atomic E-state index is -1.06. The molecule has 1 aliphatic rings. The van der Waals surface area contributed by atoms with Crippen LogP contribution in [0.25, 0.3) is 10.2 Å². The van der Waals surface area contributed by atoms with E-state index < -0.39 is 18.1 Å². The van der Waals surface area contributed by atoms with Crippen LogP contribution >= 0.6 is 11.3 Å². The molecule has 0 saturated carbocycles. The third kappa shape index (κ3) is 2.37. The molecule has 2 N–H and O–H groups in total. The van der Waals surface area contributed by atoms with Crippen LogP contribution in [0, 0.1) is 0 Å². The van der Waals surface area contributed by atoms with Crippen molar-refractivity contribution < 1.29 is 19.4 Å². The van der Waals surface area contributed by atoms with E-state index in [-0.39, 0.29) is 5.91 Å². The second-order valence-electron chi connectivity index (χ2n) is 4.53. The predicted octanol–water partition coefficient (Wildman–Crippen LogP) is 1.27. The largest absolute Gasteiger partial charge is 0.479 e. The first kappa shape index (κ1) is 13.0. The molecule has 1 saturated heterocycles. The SMILES string of the molecule is O=C(N[C@H]1CCO[C@H]1C(=O)O)c1cnc2ccsc2c1. The Balaban J connectivity index is 1.77. The highest BCUT2D eigenvalue weighted by molar-refractivity contribution is 7.17. The van der Waals surface area contributed by atoms with Gasteiger partial charge < -0.3 is 15.2 Å². The Labute approximate surface area is 118 Å². The number of hydrogen-bond acceptors (Lipinski definition) is 5.